The number of rotatable bonds is 3. The predicted molar refractivity (Wildman–Crippen MR) is 87.9 cm³/mol. The van der Waals surface area contributed by atoms with Crippen LogP contribution in [0.25, 0.3) is 16.9 Å². The monoisotopic (exact) mass is 339 g/mol. The lowest BCUT2D eigenvalue weighted by molar-refractivity contribution is 0.102. The summed E-state index contributed by atoms with van der Waals surface area (Å²) in [5.74, 6) is -0.0711. The summed E-state index contributed by atoms with van der Waals surface area (Å²) in [5, 5.41) is 15.2. The second-order valence-corrected chi connectivity index (χ2v) is 5.43. The number of pyridine rings is 1. The summed E-state index contributed by atoms with van der Waals surface area (Å²) in [6.45, 7) is 0. The van der Waals surface area contributed by atoms with Crippen molar-refractivity contribution in [3.63, 3.8) is 0 Å². The van der Waals surface area contributed by atoms with Crippen LogP contribution in [-0.2, 0) is 0 Å². The third-order valence-corrected chi connectivity index (χ3v) is 3.72. The van der Waals surface area contributed by atoms with Crippen molar-refractivity contribution < 1.29 is 9.32 Å². The van der Waals surface area contributed by atoms with Gasteiger partial charge in [-0.3, -0.25) is 14.5 Å². The first-order valence-electron chi connectivity index (χ1n) is 7.04. The van der Waals surface area contributed by atoms with Crippen molar-refractivity contribution in [3.8, 4) is 11.3 Å². The van der Waals surface area contributed by atoms with Crippen molar-refractivity contribution in [2.24, 2.45) is 0 Å². The number of halogens is 1. The number of fused-ring (bicyclic) bond motifs is 1. The molecule has 1 N–H and O–H groups in total. The van der Waals surface area contributed by atoms with E-state index in [0.29, 0.717) is 27.9 Å². The fraction of sp³-hybridized carbons (Fsp3) is 0. The number of amides is 1. The van der Waals surface area contributed by atoms with Crippen LogP contribution in [0.1, 0.15) is 10.4 Å². The molecule has 0 aliphatic rings. The molecule has 0 aliphatic heterocycles. The summed E-state index contributed by atoms with van der Waals surface area (Å²) in [7, 11) is 0. The maximum absolute atomic E-state index is 12.6. The van der Waals surface area contributed by atoms with Gasteiger partial charge in [0, 0.05) is 16.8 Å². The van der Waals surface area contributed by atoms with Crippen LogP contribution in [0.4, 0.5) is 5.95 Å². The Balaban J connectivity index is 1.66. The summed E-state index contributed by atoms with van der Waals surface area (Å²) >= 11 is 5.88. The first-order chi connectivity index (χ1) is 11.7. The van der Waals surface area contributed by atoms with E-state index >= 15 is 0 Å². The summed E-state index contributed by atoms with van der Waals surface area (Å²) in [6, 6.07) is 12.4. The van der Waals surface area contributed by atoms with Gasteiger partial charge in [0.25, 0.3) is 5.91 Å². The summed E-state index contributed by atoms with van der Waals surface area (Å²) < 4.78 is 6.65. The fourth-order valence-corrected chi connectivity index (χ4v) is 2.44. The third-order valence-electron chi connectivity index (χ3n) is 3.47. The normalized spacial score (nSPS) is 10.9. The molecule has 0 aliphatic carbocycles. The topological polar surface area (TPSA) is 85.3 Å². The van der Waals surface area contributed by atoms with Gasteiger partial charge in [0.15, 0.2) is 5.65 Å². The first kappa shape index (κ1) is 14.4. The average molecular weight is 340 g/mol. The van der Waals surface area contributed by atoms with Gasteiger partial charge in [-0.25, -0.2) is 0 Å². The molecule has 0 saturated carbocycles. The Morgan fingerprint density at radius 3 is 2.79 bits per heavy atom. The van der Waals surface area contributed by atoms with Gasteiger partial charge < -0.3 is 4.52 Å². The molecule has 0 fully saturated rings. The highest BCUT2D eigenvalue weighted by Crippen LogP contribution is 2.24. The SMILES string of the molecule is O=C(Nc1nnc2ccccn12)c1conc1-c1ccc(Cl)cc1. The van der Waals surface area contributed by atoms with E-state index < -0.39 is 0 Å². The molecule has 0 unspecified atom stereocenters. The number of hydrogen-bond acceptors (Lipinski definition) is 5. The molecule has 1 aromatic carbocycles. The molecule has 3 aromatic heterocycles. The number of carbonyl (C=O) groups is 1. The van der Waals surface area contributed by atoms with Crippen LogP contribution in [-0.4, -0.2) is 25.7 Å². The molecule has 0 spiro atoms. The average Bonchev–Trinajstić information content (AvgIpc) is 3.23. The lowest BCUT2D eigenvalue weighted by Crippen LogP contribution is -2.14. The van der Waals surface area contributed by atoms with Crippen LogP contribution in [0.2, 0.25) is 5.02 Å². The Hall–Kier alpha value is -3.19. The standard InChI is InChI=1S/C16H10ClN5O2/c17-11-6-4-10(5-7-11)14-12(9-24-21-14)15(23)18-16-20-19-13-3-1-2-8-22(13)16/h1-9H,(H,18,20,23). The predicted octanol–water partition coefficient (Wildman–Crippen LogP) is 3.29. The highest BCUT2D eigenvalue weighted by atomic mass is 35.5. The maximum atomic E-state index is 12.6. The smallest absolute Gasteiger partial charge is 0.263 e. The maximum Gasteiger partial charge on any atom is 0.263 e. The van der Waals surface area contributed by atoms with E-state index in [-0.39, 0.29) is 5.91 Å². The van der Waals surface area contributed by atoms with E-state index in [2.05, 4.69) is 20.7 Å². The van der Waals surface area contributed by atoms with E-state index in [1.807, 2.05) is 12.1 Å². The highest BCUT2D eigenvalue weighted by molar-refractivity contribution is 6.30. The molecular formula is C16H10ClN5O2. The van der Waals surface area contributed by atoms with Crippen molar-refractivity contribution in [3.05, 3.63) is 65.5 Å². The van der Waals surface area contributed by atoms with E-state index in [0.717, 1.165) is 5.56 Å². The number of benzene rings is 1. The van der Waals surface area contributed by atoms with Gasteiger partial charge in [-0.05, 0) is 24.3 Å². The lowest BCUT2D eigenvalue weighted by atomic mass is 10.1. The van der Waals surface area contributed by atoms with E-state index in [9.17, 15) is 4.79 Å². The van der Waals surface area contributed by atoms with Crippen LogP contribution < -0.4 is 5.32 Å². The van der Waals surface area contributed by atoms with Crippen LogP contribution in [0.5, 0.6) is 0 Å². The number of hydrogen-bond donors (Lipinski definition) is 1. The largest absolute Gasteiger partial charge is 0.363 e. The number of anilines is 1. The number of aromatic nitrogens is 4. The zero-order valence-corrected chi connectivity index (χ0v) is 12.9. The zero-order chi connectivity index (χ0) is 16.5. The summed E-state index contributed by atoms with van der Waals surface area (Å²) in [6.07, 6.45) is 3.06. The van der Waals surface area contributed by atoms with E-state index in [1.165, 1.54) is 6.26 Å². The van der Waals surface area contributed by atoms with Gasteiger partial charge in [-0.1, -0.05) is 35.0 Å². The molecule has 0 radical (unpaired) electrons. The van der Waals surface area contributed by atoms with E-state index in [4.69, 9.17) is 16.1 Å². The highest BCUT2D eigenvalue weighted by Gasteiger charge is 2.19. The minimum Gasteiger partial charge on any atom is -0.363 e. The van der Waals surface area contributed by atoms with Crippen LogP contribution >= 0.6 is 11.6 Å². The molecule has 4 rings (SSSR count). The second kappa shape index (κ2) is 5.78. The minimum atomic E-state index is -0.389. The number of nitrogens with zero attached hydrogens (tertiary/aromatic N) is 4. The molecule has 7 nitrogen and oxygen atoms in total. The third kappa shape index (κ3) is 2.50. The molecule has 8 heteroatoms. The van der Waals surface area contributed by atoms with Gasteiger partial charge in [-0.2, -0.15) is 0 Å². The molecule has 118 valence electrons. The van der Waals surface area contributed by atoms with Crippen LogP contribution in [0.15, 0.2) is 59.4 Å². The van der Waals surface area contributed by atoms with Gasteiger partial charge in [0.05, 0.1) is 0 Å². The Kier molecular flexibility index (Phi) is 3.47. The molecule has 24 heavy (non-hydrogen) atoms. The van der Waals surface area contributed by atoms with Crippen LogP contribution in [0.3, 0.4) is 0 Å². The van der Waals surface area contributed by atoms with Gasteiger partial charge >= 0.3 is 0 Å². The molecule has 0 bridgehead atoms. The molecule has 0 atom stereocenters. The molecule has 3 heterocycles. The lowest BCUT2D eigenvalue weighted by Gasteiger charge is -2.03. The first-order valence-corrected chi connectivity index (χ1v) is 7.41. The number of carbonyl (C=O) groups excluding carboxylic acids is 1. The van der Waals surface area contributed by atoms with Crippen molar-refractivity contribution in [1.82, 2.24) is 19.8 Å². The van der Waals surface area contributed by atoms with Gasteiger partial charge in [0.2, 0.25) is 5.95 Å². The number of nitrogens with one attached hydrogen (secondary N) is 1. The van der Waals surface area contributed by atoms with Crippen LogP contribution in [0, 0.1) is 0 Å². The molecule has 4 aromatic rings. The quantitative estimate of drug-likeness (QED) is 0.619. The Morgan fingerprint density at radius 2 is 1.96 bits per heavy atom. The Labute approximate surface area is 140 Å². The molecule has 0 saturated heterocycles. The summed E-state index contributed by atoms with van der Waals surface area (Å²) in [4.78, 5) is 12.6. The Morgan fingerprint density at radius 1 is 1.12 bits per heavy atom. The van der Waals surface area contributed by atoms with E-state index in [1.54, 1.807) is 40.9 Å². The van der Waals surface area contributed by atoms with Gasteiger partial charge in [-0.15, -0.1) is 10.2 Å². The molecular weight excluding hydrogens is 330 g/mol. The van der Waals surface area contributed by atoms with Crippen molar-refractivity contribution in [2.45, 2.75) is 0 Å². The van der Waals surface area contributed by atoms with Gasteiger partial charge in [0.1, 0.15) is 17.5 Å². The second-order valence-electron chi connectivity index (χ2n) is 4.99. The minimum absolute atomic E-state index is 0.296. The fourth-order valence-electron chi connectivity index (χ4n) is 2.31. The molecule has 1 amide bonds. The summed E-state index contributed by atoms with van der Waals surface area (Å²) in [5.41, 5.74) is 2.09. The van der Waals surface area contributed by atoms with Crippen molar-refractivity contribution in [1.29, 1.82) is 0 Å². The zero-order valence-electron chi connectivity index (χ0n) is 12.2. The van der Waals surface area contributed by atoms with Crippen molar-refractivity contribution in [2.75, 3.05) is 5.32 Å². The van der Waals surface area contributed by atoms with Crippen molar-refractivity contribution >= 4 is 29.1 Å². The Bertz CT molecular complexity index is 1020.